The molecule has 1 aliphatic carbocycles. The number of aromatic nitrogens is 1. The van der Waals surface area contributed by atoms with E-state index in [9.17, 15) is 9.90 Å². The Labute approximate surface area is 259 Å². The number of pyridine rings is 1. The number of aliphatic imine (C=N–C) groups is 1. The van der Waals surface area contributed by atoms with Gasteiger partial charge in [-0.1, -0.05) is 6.42 Å². The summed E-state index contributed by atoms with van der Waals surface area (Å²) >= 11 is 0. The van der Waals surface area contributed by atoms with Crippen LogP contribution in [0.1, 0.15) is 49.9 Å². The van der Waals surface area contributed by atoms with E-state index in [-0.39, 0.29) is 46.6 Å². The van der Waals surface area contributed by atoms with E-state index >= 15 is 8.78 Å². The molecule has 1 saturated carbocycles. The largest absolute Gasteiger partial charge is 0.504 e. The molecule has 1 aliphatic heterocycles. The van der Waals surface area contributed by atoms with E-state index in [0.717, 1.165) is 31.1 Å². The third-order valence-corrected chi connectivity index (χ3v) is 8.12. The smallest absolute Gasteiger partial charge is 0.308 e. The number of aromatic hydroxyl groups is 1. The van der Waals surface area contributed by atoms with Crippen LogP contribution in [0, 0.1) is 23.0 Å². The van der Waals surface area contributed by atoms with Crippen LogP contribution in [-0.2, 0) is 9.53 Å². The standard InChI is InChI=1S/C32H36F2N6O5/c1-4-43-32(42)19-6-5-7-20(14-19)40(3)21-9-11-25(22(16-21)30-37-12-13-39(30)2)44-28-23(33)17-38-31(27(28)34)45-26-15-18(29(35)36)8-10-24(26)41/h8-12,15-17,19-20,30,41H,4-7,13-14H2,1-3H3,(H3,35,36). The van der Waals surface area contributed by atoms with E-state index in [4.69, 9.17) is 25.4 Å². The predicted molar refractivity (Wildman–Crippen MR) is 165 cm³/mol. The molecule has 0 bridgehead atoms. The van der Waals surface area contributed by atoms with Crippen molar-refractivity contribution in [2.75, 3.05) is 32.1 Å². The number of ether oxygens (including phenoxy) is 3. The maximum Gasteiger partial charge on any atom is 0.308 e. The highest BCUT2D eigenvalue weighted by Crippen LogP contribution is 2.41. The molecule has 4 N–H and O–H groups in total. The first-order valence-corrected chi connectivity index (χ1v) is 14.7. The van der Waals surface area contributed by atoms with Crippen LogP contribution in [0.4, 0.5) is 14.5 Å². The van der Waals surface area contributed by atoms with Gasteiger partial charge >= 0.3 is 5.97 Å². The number of carbonyl (C=O) groups is 1. The van der Waals surface area contributed by atoms with E-state index in [1.165, 1.54) is 18.2 Å². The molecule has 2 aliphatic rings. The van der Waals surface area contributed by atoms with Crippen LogP contribution >= 0.6 is 0 Å². The minimum Gasteiger partial charge on any atom is -0.504 e. The second kappa shape index (κ2) is 13.5. The summed E-state index contributed by atoms with van der Waals surface area (Å²) in [5.74, 6) is -4.74. The number of carbonyl (C=O) groups excluding carboxylic acids is 1. The van der Waals surface area contributed by atoms with Gasteiger partial charge in [-0.25, -0.2) is 9.37 Å². The molecule has 3 aromatic rings. The van der Waals surface area contributed by atoms with Gasteiger partial charge in [0.15, 0.2) is 17.3 Å². The molecule has 2 aromatic carbocycles. The third-order valence-electron chi connectivity index (χ3n) is 8.12. The number of hydrogen-bond acceptors (Lipinski definition) is 10. The van der Waals surface area contributed by atoms with Crippen molar-refractivity contribution in [1.82, 2.24) is 9.88 Å². The summed E-state index contributed by atoms with van der Waals surface area (Å²) < 4.78 is 47.4. The number of nitrogen functional groups attached to an aromatic ring is 1. The first kappa shape index (κ1) is 31.6. The van der Waals surface area contributed by atoms with Crippen molar-refractivity contribution in [3.63, 3.8) is 0 Å². The molecule has 0 amide bonds. The van der Waals surface area contributed by atoms with E-state index in [0.29, 0.717) is 25.1 Å². The number of phenols is 1. The molecule has 1 fully saturated rings. The number of esters is 1. The normalized spacial score (nSPS) is 19.7. The van der Waals surface area contributed by atoms with E-state index in [2.05, 4.69) is 14.9 Å². The van der Waals surface area contributed by atoms with Crippen LogP contribution in [0.3, 0.4) is 0 Å². The Morgan fingerprint density at radius 3 is 2.69 bits per heavy atom. The summed E-state index contributed by atoms with van der Waals surface area (Å²) in [6.07, 6.45) is 5.29. The lowest BCUT2D eigenvalue weighted by molar-refractivity contribution is -0.149. The number of amidine groups is 1. The summed E-state index contributed by atoms with van der Waals surface area (Å²) in [6.45, 7) is 2.72. The van der Waals surface area contributed by atoms with Crippen LogP contribution in [0.2, 0.25) is 0 Å². The fourth-order valence-electron chi connectivity index (χ4n) is 5.63. The molecule has 2 heterocycles. The molecule has 45 heavy (non-hydrogen) atoms. The van der Waals surface area contributed by atoms with Gasteiger partial charge in [0.05, 0.1) is 18.7 Å². The number of phenolic OH excluding ortho intramolecular Hbond substituents is 1. The SMILES string of the molecule is CCOC(=O)C1CCCC(N(C)c2ccc(Oc3c(F)cnc(Oc4cc(C(=N)N)ccc4O)c3F)c(C3N=CCN3C)c2)C1. The summed E-state index contributed by atoms with van der Waals surface area (Å²) in [5, 5.41) is 17.8. The van der Waals surface area contributed by atoms with E-state index in [1.807, 2.05) is 25.1 Å². The van der Waals surface area contributed by atoms with Crippen LogP contribution in [-0.4, -0.2) is 66.3 Å². The van der Waals surface area contributed by atoms with Crippen LogP contribution < -0.4 is 20.1 Å². The van der Waals surface area contributed by atoms with E-state index < -0.39 is 29.4 Å². The van der Waals surface area contributed by atoms with Gasteiger partial charge in [-0.05, 0) is 69.6 Å². The molecular weight excluding hydrogens is 586 g/mol. The van der Waals surface area contributed by atoms with Crippen LogP contribution in [0.5, 0.6) is 28.9 Å². The number of nitrogens with two attached hydrogens (primary N) is 1. The van der Waals surface area contributed by atoms with E-state index in [1.54, 1.807) is 25.3 Å². The minimum absolute atomic E-state index is 0.0882. The Balaban J connectivity index is 1.45. The highest BCUT2D eigenvalue weighted by atomic mass is 19.1. The molecule has 238 valence electrons. The molecule has 3 unspecified atom stereocenters. The third kappa shape index (κ3) is 6.83. The van der Waals surface area contributed by atoms with Crippen molar-refractivity contribution in [3.05, 3.63) is 65.4 Å². The summed E-state index contributed by atoms with van der Waals surface area (Å²) in [6, 6.07) is 9.27. The molecular formula is C32H36F2N6O5. The molecule has 0 spiro atoms. The lowest BCUT2D eigenvalue weighted by Crippen LogP contribution is -2.38. The zero-order valence-corrected chi connectivity index (χ0v) is 25.3. The van der Waals surface area contributed by atoms with Gasteiger partial charge in [0.2, 0.25) is 11.6 Å². The van der Waals surface area contributed by atoms with Crippen molar-refractivity contribution in [2.45, 2.75) is 44.8 Å². The Morgan fingerprint density at radius 2 is 1.98 bits per heavy atom. The summed E-state index contributed by atoms with van der Waals surface area (Å²) in [5.41, 5.74) is 7.16. The Bertz CT molecular complexity index is 1620. The number of benzene rings is 2. The zero-order chi connectivity index (χ0) is 32.2. The second-order valence-corrected chi connectivity index (χ2v) is 11.1. The number of halogens is 2. The second-order valence-electron chi connectivity index (χ2n) is 11.1. The van der Waals surface area contributed by atoms with Gasteiger partial charge in [0, 0.05) is 42.7 Å². The number of nitrogens with zero attached hydrogens (tertiary/aromatic N) is 4. The van der Waals surface area contributed by atoms with Crippen molar-refractivity contribution in [1.29, 1.82) is 5.41 Å². The Kier molecular flexibility index (Phi) is 9.47. The highest BCUT2D eigenvalue weighted by molar-refractivity contribution is 5.95. The van der Waals surface area contributed by atoms with Crippen molar-refractivity contribution in [3.8, 4) is 28.9 Å². The fraction of sp³-hybridized carbons (Fsp3) is 0.375. The Morgan fingerprint density at radius 1 is 1.18 bits per heavy atom. The van der Waals surface area contributed by atoms with Gasteiger partial charge in [-0.15, -0.1) is 0 Å². The van der Waals surface area contributed by atoms with Crippen molar-refractivity contribution < 1.29 is 32.9 Å². The van der Waals surface area contributed by atoms with Gasteiger partial charge in [-0.3, -0.25) is 20.1 Å². The van der Waals surface area contributed by atoms with Crippen LogP contribution in [0.15, 0.2) is 47.6 Å². The van der Waals surface area contributed by atoms with Gasteiger partial charge in [0.25, 0.3) is 5.88 Å². The maximum absolute atomic E-state index is 15.7. The number of rotatable bonds is 10. The topological polar surface area (TPSA) is 147 Å². The molecule has 1 aromatic heterocycles. The molecule has 0 radical (unpaired) electrons. The number of nitrogens with one attached hydrogen (secondary N) is 1. The van der Waals surface area contributed by atoms with Gasteiger partial charge in [-0.2, -0.15) is 4.39 Å². The summed E-state index contributed by atoms with van der Waals surface area (Å²) in [4.78, 5) is 24.8. The quantitative estimate of drug-likeness (QED) is 0.151. The zero-order valence-electron chi connectivity index (χ0n) is 25.3. The first-order valence-electron chi connectivity index (χ1n) is 14.7. The highest BCUT2D eigenvalue weighted by Gasteiger charge is 2.32. The van der Waals surface area contributed by atoms with Gasteiger partial charge in [0.1, 0.15) is 17.8 Å². The lowest BCUT2D eigenvalue weighted by atomic mass is 9.85. The Hall–Kier alpha value is -4.78. The average molecular weight is 623 g/mol. The lowest BCUT2D eigenvalue weighted by Gasteiger charge is -2.36. The first-order chi connectivity index (χ1) is 21.6. The van der Waals surface area contributed by atoms with Crippen molar-refractivity contribution in [2.24, 2.45) is 16.6 Å². The number of anilines is 1. The molecule has 0 saturated heterocycles. The fourth-order valence-corrected chi connectivity index (χ4v) is 5.63. The average Bonchev–Trinajstić information content (AvgIpc) is 3.46. The number of hydrogen-bond donors (Lipinski definition) is 3. The monoisotopic (exact) mass is 622 g/mol. The minimum atomic E-state index is -1.23. The molecule has 5 rings (SSSR count). The molecule has 3 atom stereocenters. The van der Waals surface area contributed by atoms with Gasteiger partial charge < -0.3 is 30.0 Å². The predicted octanol–water partition coefficient (Wildman–Crippen LogP) is 5.51. The summed E-state index contributed by atoms with van der Waals surface area (Å²) in [7, 11) is 3.84. The van der Waals surface area contributed by atoms with Crippen molar-refractivity contribution >= 4 is 23.7 Å². The maximum atomic E-state index is 15.7. The molecule has 13 heteroatoms. The molecule has 11 nitrogen and oxygen atoms in total. The van der Waals surface area contributed by atoms with Crippen LogP contribution in [0.25, 0.3) is 0 Å².